The van der Waals surface area contributed by atoms with Crippen molar-refractivity contribution in [2.24, 2.45) is 0 Å². The van der Waals surface area contributed by atoms with Crippen molar-refractivity contribution in [3.05, 3.63) is 190 Å². The Morgan fingerprint density at radius 1 is 0.495 bits per heavy atom. The summed E-state index contributed by atoms with van der Waals surface area (Å²) < 4.78 is 368. The number of nitrogens with one attached hydrogen (secondary N) is 2. The molecule has 0 spiro atoms. The highest BCUT2D eigenvalue weighted by atomic mass is 19.4. The second-order valence-electron chi connectivity index (χ2n) is 21.4. The Labute approximate surface area is 519 Å². The third kappa shape index (κ3) is 16.5. The summed E-state index contributed by atoms with van der Waals surface area (Å²) in [5.41, 5.74) is -19.0. The highest BCUT2D eigenvalue weighted by Crippen LogP contribution is 2.59. The van der Waals surface area contributed by atoms with Crippen LogP contribution < -0.4 is 29.6 Å². The van der Waals surface area contributed by atoms with E-state index in [9.17, 15) is 116 Å². The molecule has 3 N–H and O–H groups in total. The van der Waals surface area contributed by atoms with Crippen molar-refractivity contribution < 1.29 is 148 Å². The SMILES string of the molecule is CC(C)Oc1cc([C@@](Cc2ccccc2)(NC(=O)[C@@H](F)C(O)(C(F)(F)F)C(F)(F)F)c2cc(F)cc(OC(F)(F)C(F)F)c2)ccc1F.CC(C)Oc1cc([C@@](Cc2ccccc2)(NC(=O)[C@H]2OC2(C(F)(F)F)C(F)(F)F)c2cc(F)cc(OC(F)(F)C(F)F)c2)ccc1F. The minimum absolute atomic E-state index is 0.00963. The lowest BCUT2D eigenvalue weighted by atomic mass is 9.77. The number of hydrogen-bond acceptors (Lipinski definition) is 8. The number of alkyl halides is 21. The molecule has 0 bridgehead atoms. The van der Waals surface area contributed by atoms with E-state index >= 15 is 8.78 Å². The van der Waals surface area contributed by atoms with Gasteiger partial charge in [-0.1, -0.05) is 72.8 Å². The minimum atomic E-state index is -6.85. The number of halogens is 25. The van der Waals surface area contributed by atoms with Crippen LogP contribution in [0, 0.1) is 23.3 Å². The van der Waals surface area contributed by atoms with Gasteiger partial charge in [0.2, 0.25) is 6.17 Å². The zero-order valence-corrected chi connectivity index (χ0v) is 48.3. The highest BCUT2D eigenvalue weighted by Gasteiger charge is 2.89. The van der Waals surface area contributed by atoms with Crippen LogP contribution in [-0.4, -0.2) is 102 Å². The second-order valence-corrected chi connectivity index (χ2v) is 21.4. The van der Waals surface area contributed by atoms with Crippen molar-refractivity contribution in [1.82, 2.24) is 10.6 Å². The molecule has 0 aliphatic carbocycles. The zero-order chi connectivity index (χ0) is 71.6. The van der Waals surface area contributed by atoms with Gasteiger partial charge in [-0.2, -0.15) is 87.8 Å². The van der Waals surface area contributed by atoms with Crippen LogP contribution in [0.4, 0.5) is 110 Å². The normalized spacial score (nSPS) is 16.3. The third-order valence-electron chi connectivity index (χ3n) is 13.8. The molecule has 1 fully saturated rings. The van der Waals surface area contributed by atoms with Gasteiger partial charge in [-0.3, -0.25) is 9.59 Å². The monoisotopic (exact) mass is 1400 g/mol. The van der Waals surface area contributed by atoms with Crippen molar-refractivity contribution in [2.45, 2.75) is 137 Å². The van der Waals surface area contributed by atoms with E-state index in [0.717, 1.165) is 30.3 Å². The Kier molecular flexibility index (Phi) is 22.1. The molecule has 1 heterocycles. The molecule has 35 heteroatoms. The average Bonchev–Trinajstić information content (AvgIpc) is 1.54. The van der Waals surface area contributed by atoms with Gasteiger partial charge in [-0.25, -0.2) is 22.0 Å². The van der Waals surface area contributed by atoms with Crippen molar-refractivity contribution in [1.29, 1.82) is 0 Å². The molecule has 6 aromatic rings. The summed E-state index contributed by atoms with van der Waals surface area (Å²) in [7, 11) is 0. The molecule has 2 amide bonds. The number of carbonyl (C=O) groups excluding carboxylic acids is 2. The molecular formula is C60H47F25N2O8. The fourth-order valence-corrected chi connectivity index (χ4v) is 9.46. The van der Waals surface area contributed by atoms with Crippen LogP contribution in [0.25, 0.3) is 0 Å². The summed E-state index contributed by atoms with van der Waals surface area (Å²) >= 11 is 0. The first-order chi connectivity index (χ1) is 43.6. The van der Waals surface area contributed by atoms with Crippen LogP contribution in [0.3, 0.4) is 0 Å². The van der Waals surface area contributed by atoms with E-state index in [4.69, 9.17) is 9.47 Å². The molecule has 95 heavy (non-hydrogen) atoms. The number of ether oxygens (including phenoxy) is 5. The molecule has 6 aromatic carbocycles. The van der Waals surface area contributed by atoms with Crippen molar-refractivity contribution in [2.75, 3.05) is 0 Å². The highest BCUT2D eigenvalue weighted by molar-refractivity contribution is 5.87. The molecule has 4 atom stereocenters. The van der Waals surface area contributed by atoms with E-state index in [1.54, 1.807) is 5.32 Å². The average molecular weight is 1400 g/mol. The van der Waals surface area contributed by atoms with E-state index < -0.39 is 184 Å². The minimum Gasteiger partial charge on any atom is -0.488 e. The summed E-state index contributed by atoms with van der Waals surface area (Å²) in [5, 5.41) is 13.2. The summed E-state index contributed by atoms with van der Waals surface area (Å²) in [6, 6.07) is 20.7. The maximum atomic E-state index is 15.3. The third-order valence-corrected chi connectivity index (χ3v) is 13.8. The number of aliphatic hydroxyl groups is 1. The number of hydrogen-bond donors (Lipinski definition) is 3. The Morgan fingerprint density at radius 3 is 1.17 bits per heavy atom. The molecule has 520 valence electrons. The number of amides is 2. The predicted octanol–water partition coefficient (Wildman–Crippen LogP) is 15.6. The largest absolute Gasteiger partial charge is 0.488 e. The van der Waals surface area contributed by atoms with Gasteiger partial charge < -0.3 is 39.4 Å². The molecular weight excluding hydrogens is 1350 g/mol. The van der Waals surface area contributed by atoms with E-state index in [1.165, 1.54) is 88.4 Å². The van der Waals surface area contributed by atoms with Crippen LogP contribution in [0.15, 0.2) is 133 Å². The van der Waals surface area contributed by atoms with Crippen LogP contribution >= 0.6 is 0 Å². The lowest BCUT2D eigenvalue weighted by molar-refractivity contribution is -0.380. The number of benzene rings is 6. The maximum Gasteiger partial charge on any atom is 0.461 e. The summed E-state index contributed by atoms with van der Waals surface area (Å²) in [4.78, 5) is 26.6. The zero-order valence-electron chi connectivity index (χ0n) is 48.3. The molecule has 0 aromatic heterocycles. The molecule has 10 nitrogen and oxygen atoms in total. The van der Waals surface area contributed by atoms with Gasteiger partial charge in [0, 0.05) is 25.0 Å². The smallest absolute Gasteiger partial charge is 0.461 e. The van der Waals surface area contributed by atoms with Crippen molar-refractivity contribution in [3.63, 3.8) is 0 Å². The fraction of sp³-hybridized carbons (Fsp3) is 0.367. The molecule has 1 aliphatic heterocycles. The first kappa shape index (κ1) is 75.7. The number of rotatable bonds is 23. The maximum absolute atomic E-state index is 15.3. The van der Waals surface area contributed by atoms with Gasteiger partial charge in [0.1, 0.15) is 23.1 Å². The van der Waals surface area contributed by atoms with Gasteiger partial charge in [0.25, 0.3) is 23.0 Å². The van der Waals surface area contributed by atoms with Gasteiger partial charge in [0.15, 0.2) is 29.2 Å². The standard InChI is InChI=1S/C30H24F13NO4.C30H23F12NO4/c1-15(2)47-22-12-17(8-9-21(22)32)26(14-16-6-4-3-5-7-16,18-10-19(31)13-20(11-18)48-28(36,37)25(34)35)44-24(45)23(33)27(46,29(38,39)40)30(41,42)43;1-15(2)45-22-12-17(8-9-21(22)32)26(14-16-6-4-3-5-7-16,18-10-19(31)13-20(11-18)46-28(35,36)25(33)34)43-24(44)23-27(47-23,29(37,38)39)30(40,41)42/h3-13,15,23,25,46H,14H2,1-2H3,(H,44,45);3-13,15,23,25H,14H2,1-2H3,(H,43,44)/t2*23-,26-/m11/s1. The second kappa shape index (κ2) is 27.8. The van der Waals surface area contributed by atoms with E-state index in [-0.39, 0.29) is 28.8 Å². The van der Waals surface area contributed by atoms with Gasteiger partial charge in [-0.15, -0.1) is 0 Å². The first-order valence-electron chi connectivity index (χ1n) is 26.9. The van der Waals surface area contributed by atoms with Crippen molar-refractivity contribution in [3.8, 4) is 23.0 Å². The molecule has 0 saturated carbocycles. The molecule has 1 aliphatic rings. The van der Waals surface area contributed by atoms with Crippen LogP contribution in [0.2, 0.25) is 0 Å². The fourth-order valence-electron chi connectivity index (χ4n) is 9.46. The molecule has 7 rings (SSSR count). The first-order valence-corrected chi connectivity index (χ1v) is 26.9. The Bertz CT molecular complexity index is 3620. The van der Waals surface area contributed by atoms with E-state index in [0.29, 0.717) is 30.3 Å². The lowest BCUT2D eigenvalue weighted by Crippen LogP contribution is -2.67. The summed E-state index contributed by atoms with van der Waals surface area (Å²) in [6.07, 6.45) is -56.5. The Hall–Kier alpha value is -8.37. The molecule has 0 unspecified atom stereocenters. The van der Waals surface area contributed by atoms with Crippen LogP contribution in [0.5, 0.6) is 23.0 Å². The number of carbonyl (C=O) groups is 2. The van der Waals surface area contributed by atoms with E-state index in [1.807, 2.05) is 5.32 Å². The molecule has 1 saturated heterocycles. The number of epoxide rings is 1. The van der Waals surface area contributed by atoms with Crippen LogP contribution in [-0.2, 0) is 38.2 Å². The summed E-state index contributed by atoms with van der Waals surface area (Å²) in [5.74, 6) is -13.9. The van der Waals surface area contributed by atoms with Crippen LogP contribution in [0.1, 0.15) is 61.1 Å². The topological polar surface area (TPSA) is 128 Å². The molecule has 0 radical (unpaired) electrons. The van der Waals surface area contributed by atoms with Gasteiger partial charge in [-0.05, 0) is 110 Å². The van der Waals surface area contributed by atoms with Crippen molar-refractivity contribution >= 4 is 11.8 Å². The van der Waals surface area contributed by atoms with Gasteiger partial charge in [0.05, 0.1) is 23.3 Å². The van der Waals surface area contributed by atoms with E-state index in [2.05, 4.69) is 14.2 Å². The predicted molar refractivity (Wildman–Crippen MR) is 280 cm³/mol. The lowest BCUT2D eigenvalue weighted by Gasteiger charge is -2.40. The Balaban J connectivity index is 0.000000301. The van der Waals surface area contributed by atoms with Gasteiger partial charge >= 0.3 is 49.8 Å². The summed E-state index contributed by atoms with van der Waals surface area (Å²) in [6.45, 7) is 5.77. The quantitative estimate of drug-likeness (QED) is 0.0428. The Morgan fingerprint density at radius 2 is 0.853 bits per heavy atom.